The van der Waals surface area contributed by atoms with Crippen molar-refractivity contribution >= 4 is 17.7 Å². The minimum Gasteiger partial charge on any atom is -0.383 e. The maximum atomic E-state index is 12.3. The van der Waals surface area contributed by atoms with Crippen LogP contribution in [0, 0.1) is 0 Å². The van der Waals surface area contributed by atoms with Gasteiger partial charge in [-0.1, -0.05) is 6.07 Å². The van der Waals surface area contributed by atoms with Gasteiger partial charge >= 0.3 is 0 Å². The number of piperidine rings is 1. The van der Waals surface area contributed by atoms with E-state index in [1.54, 1.807) is 6.20 Å². The van der Waals surface area contributed by atoms with Gasteiger partial charge in [-0.15, -0.1) is 0 Å². The molecule has 1 amide bonds. The number of carbonyl (C=O) groups excluding carboxylic acids is 1. The number of aromatic nitrogens is 3. The molecule has 0 radical (unpaired) electrons. The predicted molar refractivity (Wildman–Crippen MR) is 95.9 cm³/mol. The molecular formula is C17H23N7O. The number of nitrogen functional groups attached to an aromatic ring is 1. The number of nitrogens with one attached hydrogen (secondary N) is 1. The second-order valence-corrected chi connectivity index (χ2v) is 6.61. The zero-order valence-electron chi connectivity index (χ0n) is 14.3. The van der Waals surface area contributed by atoms with Crippen LogP contribution in [0.5, 0.6) is 0 Å². The Kier molecular flexibility index (Phi) is 4.80. The third kappa shape index (κ3) is 4.21. The molecule has 2 aromatic heterocycles. The van der Waals surface area contributed by atoms with Crippen LogP contribution < -0.4 is 21.7 Å². The van der Waals surface area contributed by atoms with Gasteiger partial charge < -0.3 is 21.7 Å². The van der Waals surface area contributed by atoms with Crippen molar-refractivity contribution in [2.24, 2.45) is 5.73 Å². The highest BCUT2D eigenvalue weighted by molar-refractivity contribution is 5.98. The lowest BCUT2D eigenvalue weighted by atomic mass is 9.91. The van der Waals surface area contributed by atoms with Crippen LogP contribution in [0.3, 0.4) is 0 Å². The minimum atomic E-state index is -0.317. The second kappa shape index (κ2) is 7.02. The number of anilines is 2. The Labute approximate surface area is 146 Å². The van der Waals surface area contributed by atoms with Crippen molar-refractivity contribution < 1.29 is 4.79 Å². The van der Waals surface area contributed by atoms with Crippen LogP contribution in [0.15, 0.2) is 30.6 Å². The monoisotopic (exact) mass is 341 g/mol. The average Bonchev–Trinajstić information content (AvgIpc) is 2.60. The molecule has 1 saturated heterocycles. The van der Waals surface area contributed by atoms with E-state index < -0.39 is 0 Å². The predicted octanol–water partition coefficient (Wildman–Crippen LogP) is 0.701. The van der Waals surface area contributed by atoms with Gasteiger partial charge in [0.2, 0.25) is 5.95 Å². The largest absolute Gasteiger partial charge is 0.383 e. The number of hydrogen-bond acceptors (Lipinski definition) is 7. The fourth-order valence-corrected chi connectivity index (χ4v) is 2.70. The van der Waals surface area contributed by atoms with E-state index in [1.165, 1.54) is 6.20 Å². The van der Waals surface area contributed by atoms with Crippen LogP contribution in [0.2, 0.25) is 0 Å². The second-order valence-electron chi connectivity index (χ2n) is 6.61. The number of carbonyl (C=O) groups is 1. The lowest BCUT2D eigenvalue weighted by Crippen LogP contribution is -2.48. The Morgan fingerprint density at radius 2 is 2.08 bits per heavy atom. The first-order valence-electron chi connectivity index (χ1n) is 8.29. The SMILES string of the molecule is CC1(N)CCN(c2ncc(C(=O)NCc3ccccn3)c(N)n2)CC1. The molecule has 0 aromatic carbocycles. The Hall–Kier alpha value is -2.74. The summed E-state index contributed by atoms with van der Waals surface area (Å²) in [5, 5.41) is 2.77. The average molecular weight is 341 g/mol. The molecule has 3 rings (SSSR count). The fourth-order valence-electron chi connectivity index (χ4n) is 2.70. The molecule has 0 spiro atoms. The number of amides is 1. The number of nitrogens with two attached hydrogens (primary N) is 2. The molecule has 8 heteroatoms. The molecule has 1 fully saturated rings. The lowest BCUT2D eigenvalue weighted by molar-refractivity contribution is 0.0950. The summed E-state index contributed by atoms with van der Waals surface area (Å²) in [5.41, 5.74) is 13.0. The van der Waals surface area contributed by atoms with Crippen molar-refractivity contribution in [2.75, 3.05) is 23.7 Å². The zero-order chi connectivity index (χ0) is 17.9. The van der Waals surface area contributed by atoms with E-state index in [9.17, 15) is 4.79 Å². The van der Waals surface area contributed by atoms with E-state index in [4.69, 9.17) is 11.5 Å². The first-order valence-corrected chi connectivity index (χ1v) is 8.29. The van der Waals surface area contributed by atoms with E-state index in [0.717, 1.165) is 31.6 Å². The third-order valence-electron chi connectivity index (χ3n) is 4.39. The van der Waals surface area contributed by atoms with E-state index in [1.807, 2.05) is 23.1 Å². The first-order chi connectivity index (χ1) is 11.9. The normalized spacial score (nSPS) is 16.5. The van der Waals surface area contributed by atoms with Gasteiger partial charge in [0, 0.05) is 31.0 Å². The van der Waals surface area contributed by atoms with E-state index >= 15 is 0 Å². The summed E-state index contributed by atoms with van der Waals surface area (Å²) in [4.78, 5) is 27.1. The maximum absolute atomic E-state index is 12.3. The molecule has 0 bridgehead atoms. The topological polar surface area (TPSA) is 123 Å². The number of nitrogens with zero attached hydrogens (tertiary/aromatic N) is 4. The molecule has 1 aliphatic rings. The van der Waals surface area contributed by atoms with E-state index in [-0.39, 0.29) is 22.8 Å². The fraction of sp³-hybridized carbons (Fsp3) is 0.412. The molecule has 0 unspecified atom stereocenters. The number of hydrogen-bond donors (Lipinski definition) is 3. The zero-order valence-corrected chi connectivity index (χ0v) is 14.3. The molecule has 0 atom stereocenters. The lowest BCUT2D eigenvalue weighted by Gasteiger charge is -2.36. The minimum absolute atomic E-state index is 0.145. The van der Waals surface area contributed by atoms with Gasteiger partial charge in [-0.05, 0) is 31.9 Å². The van der Waals surface area contributed by atoms with Crippen molar-refractivity contribution in [1.29, 1.82) is 0 Å². The van der Waals surface area contributed by atoms with Crippen molar-refractivity contribution in [1.82, 2.24) is 20.3 Å². The quantitative estimate of drug-likeness (QED) is 0.748. The molecule has 8 nitrogen and oxygen atoms in total. The summed E-state index contributed by atoms with van der Waals surface area (Å²) in [6.07, 6.45) is 4.88. The molecular weight excluding hydrogens is 318 g/mol. The molecule has 0 aliphatic carbocycles. The number of pyridine rings is 1. The summed E-state index contributed by atoms with van der Waals surface area (Å²) in [6, 6.07) is 5.53. The summed E-state index contributed by atoms with van der Waals surface area (Å²) in [6.45, 7) is 3.92. The molecule has 3 heterocycles. The molecule has 1 aliphatic heterocycles. The van der Waals surface area contributed by atoms with E-state index in [0.29, 0.717) is 12.5 Å². The highest BCUT2D eigenvalue weighted by atomic mass is 16.1. The van der Waals surface area contributed by atoms with Gasteiger partial charge in [0.1, 0.15) is 5.82 Å². The van der Waals surface area contributed by atoms with Gasteiger partial charge in [0.25, 0.3) is 5.91 Å². The molecule has 25 heavy (non-hydrogen) atoms. The van der Waals surface area contributed by atoms with Crippen LogP contribution in [0.1, 0.15) is 35.8 Å². The van der Waals surface area contributed by atoms with Crippen LogP contribution in [0.25, 0.3) is 0 Å². The van der Waals surface area contributed by atoms with Crippen LogP contribution in [-0.4, -0.2) is 39.5 Å². The van der Waals surface area contributed by atoms with Crippen molar-refractivity contribution in [3.05, 3.63) is 41.9 Å². The van der Waals surface area contributed by atoms with E-state index in [2.05, 4.69) is 27.2 Å². The smallest absolute Gasteiger partial charge is 0.256 e. The summed E-state index contributed by atoms with van der Waals surface area (Å²) in [5.74, 6) is 0.391. The van der Waals surface area contributed by atoms with Gasteiger partial charge in [0.15, 0.2) is 0 Å². The number of rotatable bonds is 4. The highest BCUT2D eigenvalue weighted by Crippen LogP contribution is 2.22. The summed E-state index contributed by atoms with van der Waals surface area (Å²) < 4.78 is 0. The molecule has 2 aromatic rings. The van der Waals surface area contributed by atoms with Gasteiger partial charge in [0.05, 0.1) is 17.8 Å². The Morgan fingerprint density at radius 3 is 2.72 bits per heavy atom. The van der Waals surface area contributed by atoms with Crippen molar-refractivity contribution in [3.63, 3.8) is 0 Å². The molecule has 0 saturated carbocycles. The van der Waals surface area contributed by atoms with Gasteiger partial charge in [-0.2, -0.15) is 4.98 Å². The van der Waals surface area contributed by atoms with Gasteiger partial charge in [-0.25, -0.2) is 4.98 Å². The maximum Gasteiger partial charge on any atom is 0.256 e. The molecule has 132 valence electrons. The summed E-state index contributed by atoms with van der Waals surface area (Å²) >= 11 is 0. The summed E-state index contributed by atoms with van der Waals surface area (Å²) in [7, 11) is 0. The van der Waals surface area contributed by atoms with Crippen LogP contribution >= 0.6 is 0 Å². The Morgan fingerprint density at radius 1 is 1.32 bits per heavy atom. The standard InChI is InChI=1S/C17H23N7O/c1-17(19)5-8-24(9-6-17)16-22-11-13(14(18)23-16)15(25)21-10-12-4-2-3-7-20-12/h2-4,7,11H,5-6,8-10,19H2,1H3,(H,21,25)(H2,18,22,23). The molecule has 5 N–H and O–H groups in total. The first kappa shape index (κ1) is 17.1. The Balaban J connectivity index is 1.64. The van der Waals surface area contributed by atoms with Crippen LogP contribution in [0.4, 0.5) is 11.8 Å². The Bertz CT molecular complexity index is 738. The van der Waals surface area contributed by atoms with Crippen LogP contribution in [-0.2, 0) is 6.54 Å². The third-order valence-corrected chi connectivity index (χ3v) is 4.39. The highest BCUT2D eigenvalue weighted by Gasteiger charge is 2.27. The van der Waals surface area contributed by atoms with Gasteiger partial charge in [-0.3, -0.25) is 9.78 Å². The van der Waals surface area contributed by atoms with Crippen molar-refractivity contribution in [3.8, 4) is 0 Å². The van der Waals surface area contributed by atoms with Crippen molar-refractivity contribution in [2.45, 2.75) is 31.8 Å².